The van der Waals surface area contributed by atoms with E-state index in [1.165, 1.54) is 64.2 Å². The minimum absolute atomic E-state index is 0.0829. The Balaban J connectivity index is 1.13. The average molecular weight is 369 g/mol. The van der Waals surface area contributed by atoms with Gasteiger partial charge in [-0.05, 0) is 130 Å². The summed E-state index contributed by atoms with van der Waals surface area (Å²) in [6.45, 7) is 2.31. The molecule has 0 aromatic carbocycles. The first kappa shape index (κ1) is 16.3. The van der Waals surface area contributed by atoms with Crippen LogP contribution in [0, 0.1) is 65.1 Å². The molecule has 0 N–H and O–H groups in total. The standard InChI is InChI=1S/C25H36O2/c1-2-25(18-6-13-5-14(8-18)9-19(25)7-13)27-24(26)21-12-17-11-20(21)23-16-4-3-15(10-16)22(17)23/h13-23H,2-12H2,1H3. The highest BCUT2D eigenvalue weighted by Gasteiger charge is 2.65. The zero-order chi connectivity index (χ0) is 17.9. The largest absolute Gasteiger partial charge is 0.458 e. The van der Waals surface area contributed by atoms with Gasteiger partial charge < -0.3 is 4.74 Å². The molecule has 8 bridgehead atoms. The van der Waals surface area contributed by atoms with Gasteiger partial charge in [0.05, 0.1) is 5.92 Å². The summed E-state index contributed by atoms with van der Waals surface area (Å²) in [6, 6.07) is 0. The van der Waals surface area contributed by atoms with Crippen LogP contribution in [0.5, 0.6) is 0 Å². The zero-order valence-corrected chi connectivity index (χ0v) is 16.9. The minimum Gasteiger partial charge on any atom is -0.458 e. The molecule has 8 aliphatic rings. The molecule has 0 heterocycles. The topological polar surface area (TPSA) is 26.3 Å². The summed E-state index contributed by atoms with van der Waals surface area (Å²) in [5.41, 5.74) is -0.0829. The van der Waals surface area contributed by atoms with Crippen LogP contribution >= 0.6 is 0 Å². The molecule has 0 radical (unpaired) electrons. The molecular formula is C25H36O2. The van der Waals surface area contributed by atoms with Gasteiger partial charge in [0.2, 0.25) is 0 Å². The molecule has 2 nitrogen and oxygen atoms in total. The second kappa shape index (κ2) is 5.33. The summed E-state index contributed by atoms with van der Waals surface area (Å²) in [5.74, 6) is 9.20. The van der Waals surface area contributed by atoms with E-state index in [-0.39, 0.29) is 17.5 Å². The molecule has 0 aromatic heterocycles. The van der Waals surface area contributed by atoms with Crippen LogP contribution in [-0.4, -0.2) is 11.6 Å². The van der Waals surface area contributed by atoms with Gasteiger partial charge in [-0.3, -0.25) is 4.79 Å². The molecule has 0 aliphatic heterocycles. The van der Waals surface area contributed by atoms with Crippen molar-refractivity contribution in [3.63, 3.8) is 0 Å². The maximum Gasteiger partial charge on any atom is 0.309 e. The lowest BCUT2D eigenvalue weighted by Gasteiger charge is -2.60. The van der Waals surface area contributed by atoms with E-state index in [4.69, 9.17) is 4.74 Å². The van der Waals surface area contributed by atoms with Crippen LogP contribution in [0.15, 0.2) is 0 Å². The van der Waals surface area contributed by atoms with Crippen molar-refractivity contribution >= 4 is 5.97 Å². The number of carbonyl (C=O) groups is 1. The third kappa shape index (κ3) is 1.97. The van der Waals surface area contributed by atoms with E-state index in [1.807, 2.05) is 0 Å². The Kier molecular flexibility index (Phi) is 3.22. The van der Waals surface area contributed by atoms with Crippen LogP contribution < -0.4 is 0 Å². The predicted molar refractivity (Wildman–Crippen MR) is 104 cm³/mol. The first-order valence-corrected chi connectivity index (χ1v) is 12.4. The van der Waals surface area contributed by atoms with Crippen molar-refractivity contribution in [3.8, 4) is 0 Å². The molecule has 7 atom stereocenters. The summed E-state index contributed by atoms with van der Waals surface area (Å²) in [7, 11) is 0. The molecule has 0 spiro atoms. The van der Waals surface area contributed by atoms with Gasteiger partial charge in [0.25, 0.3) is 0 Å². The van der Waals surface area contributed by atoms with E-state index in [0.717, 1.165) is 47.8 Å². The van der Waals surface area contributed by atoms with Crippen LogP contribution in [-0.2, 0) is 9.53 Å². The van der Waals surface area contributed by atoms with Gasteiger partial charge in [0, 0.05) is 0 Å². The summed E-state index contributed by atoms with van der Waals surface area (Å²) in [4.78, 5) is 13.6. The molecule has 8 aliphatic carbocycles. The Morgan fingerprint density at radius 3 is 2.15 bits per heavy atom. The van der Waals surface area contributed by atoms with Crippen molar-refractivity contribution in [3.05, 3.63) is 0 Å². The van der Waals surface area contributed by atoms with Crippen LogP contribution in [0.3, 0.4) is 0 Å². The first-order valence-electron chi connectivity index (χ1n) is 12.4. The van der Waals surface area contributed by atoms with E-state index in [1.54, 1.807) is 0 Å². The monoisotopic (exact) mass is 368 g/mol. The van der Waals surface area contributed by atoms with Crippen LogP contribution in [0.25, 0.3) is 0 Å². The van der Waals surface area contributed by atoms with Crippen molar-refractivity contribution in [2.45, 2.75) is 83.2 Å². The van der Waals surface area contributed by atoms with Gasteiger partial charge in [-0.1, -0.05) is 6.92 Å². The van der Waals surface area contributed by atoms with E-state index < -0.39 is 0 Å². The van der Waals surface area contributed by atoms with E-state index in [9.17, 15) is 4.79 Å². The number of esters is 1. The van der Waals surface area contributed by atoms with E-state index in [0.29, 0.717) is 17.8 Å². The molecule has 27 heavy (non-hydrogen) atoms. The summed E-state index contributed by atoms with van der Waals surface area (Å²) < 4.78 is 6.69. The average Bonchev–Trinajstić information content (AvgIpc) is 3.43. The van der Waals surface area contributed by atoms with Crippen molar-refractivity contribution < 1.29 is 9.53 Å². The number of fused-ring (bicyclic) bond motifs is 9. The molecule has 7 unspecified atom stereocenters. The molecular weight excluding hydrogens is 332 g/mol. The van der Waals surface area contributed by atoms with Gasteiger partial charge in [0.1, 0.15) is 5.60 Å². The maximum absolute atomic E-state index is 13.6. The predicted octanol–water partition coefficient (Wildman–Crippen LogP) is 5.45. The van der Waals surface area contributed by atoms with Gasteiger partial charge in [-0.2, -0.15) is 0 Å². The fourth-order valence-electron chi connectivity index (χ4n) is 10.9. The van der Waals surface area contributed by atoms with Crippen LogP contribution in [0.4, 0.5) is 0 Å². The molecule has 0 aromatic rings. The lowest BCUT2D eigenvalue weighted by molar-refractivity contribution is -0.216. The third-order valence-corrected chi connectivity index (χ3v) is 11.4. The first-order chi connectivity index (χ1) is 13.2. The Labute approximate surface area is 164 Å². The summed E-state index contributed by atoms with van der Waals surface area (Å²) in [5, 5.41) is 0. The summed E-state index contributed by atoms with van der Waals surface area (Å²) >= 11 is 0. The molecule has 2 heteroatoms. The number of hydrogen-bond acceptors (Lipinski definition) is 2. The highest BCUT2D eigenvalue weighted by atomic mass is 16.6. The second-order valence-electron chi connectivity index (χ2n) is 12.0. The molecule has 148 valence electrons. The number of hydrogen-bond donors (Lipinski definition) is 0. The van der Waals surface area contributed by atoms with Gasteiger partial charge in [-0.25, -0.2) is 0 Å². The minimum atomic E-state index is -0.0829. The molecule has 0 saturated heterocycles. The smallest absolute Gasteiger partial charge is 0.309 e. The molecule has 0 amide bonds. The Morgan fingerprint density at radius 1 is 0.815 bits per heavy atom. The van der Waals surface area contributed by atoms with Crippen molar-refractivity contribution in [1.82, 2.24) is 0 Å². The lowest BCUT2D eigenvalue weighted by Crippen LogP contribution is -2.60. The van der Waals surface area contributed by atoms with Crippen molar-refractivity contribution in [2.24, 2.45) is 65.1 Å². The SMILES string of the molecule is CCC1(OC(=O)C2CC3CC2C2C4CCC(C4)C32)C2CC3CC(C2)CC1C3. The van der Waals surface area contributed by atoms with Gasteiger partial charge >= 0.3 is 5.97 Å². The number of carbonyl (C=O) groups excluding carboxylic acids is 1. The molecule has 8 rings (SSSR count). The van der Waals surface area contributed by atoms with Gasteiger partial charge in [-0.15, -0.1) is 0 Å². The van der Waals surface area contributed by atoms with Crippen LogP contribution in [0.2, 0.25) is 0 Å². The molecule has 8 fully saturated rings. The second-order valence-corrected chi connectivity index (χ2v) is 12.0. The fourth-order valence-corrected chi connectivity index (χ4v) is 10.9. The van der Waals surface area contributed by atoms with E-state index in [2.05, 4.69) is 6.92 Å². The van der Waals surface area contributed by atoms with Gasteiger partial charge in [0.15, 0.2) is 0 Å². The third-order valence-electron chi connectivity index (χ3n) is 11.4. The Hall–Kier alpha value is -0.530. The number of ether oxygens (including phenoxy) is 1. The Bertz CT molecular complexity index is 639. The quantitative estimate of drug-likeness (QED) is 0.489. The van der Waals surface area contributed by atoms with Crippen molar-refractivity contribution in [1.29, 1.82) is 0 Å². The lowest BCUT2D eigenvalue weighted by atomic mass is 9.49. The van der Waals surface area contributed by atoms with Crippen molar-refractivity contribution in [2.75, 3.05) is 0 Å². The summed E-state index contributed by atoms with van der Waals surface area (Å²) in [6.07, 6.45) is 14.9. The highest BCUT2D eigenvalue weighted by Crippen LogP contribution is 2.69. The normalized spacial score (nSPS) is 61.6. The molecule has 8 saturated carbocycles. The zero-order valence-electron chi connectivity index (χ0n) is 16.9. The van der Waals surface area contributed by atoms with Crippen LogP contribution in [0.1, 0.15) is 77.6 Å². The Morgan fingerprint density at radius 2 is 1.48 bits per heavy atom. The number of rotatable bonds is 3. The maximum atomic E-state index is 13.6. The highest BCUT2D eigenvalue weighted by molar-refractivity contribution is 5.74. The van der Waals surface area contributed by atoms with E-state index >= 15 is 0 Å². The fraction of sp³-hybridized carbons (Fsp3) is 0.960.